The molecule has 5 heteroatoms. The third-order valence-electron chi connectivity index (χ3n) is 3.88. The zero-order chi connectivity index (χ0) is 13.9. The maximum Gasteiger partial charge on any atom is 0.143 e. The Morgan fingerprint density at radius 3 is 2.50 bits per heavy atom. The average molecular weight is 275 g/mol. The number of hydrogen-bond acceptors (Lipinski definition) is 4. The molecule has 0 amide bonds. The number of nitrogens with zero attached hydrogens (tertiary/aromatic N) is 1. The van der Waals surface area contributed by atoms with Crippen molar-refractivity contribution >= 4 is 10.9 Å². The number of fused-ring (bicyclic) bond motifs is 1. The molecular weight excluding hydrogens is 254 g/mol. The van der Waals surface area contributed by atoms with E-state index in [0.717, 1.165) is 55.1 Å². The van der Waals surface area contributed by atoms with E-state index in [1.807, 2.05) is 12.1 Å². The lowest BCUT2D eigenvalue weighted by molar-refractivity contribution is 0.234. The largest absolute Gasteiger partial charge is 0.496 e. The molecule has 2 N–H and O–H groups in total. The molecule has 0 saturated carbocycles. The van der Waals surface area contributed by atoms with E-state index in [4.69, 9.17) is 9.47 Å². The predicted octanol–water partition coefficient (Wildman–Crippen LogP) is 1.59. The second kappa shape index (κ2) is 5.73. The quantitative estimate of drug-likeness (QED) is 0.889. The highest BCUT2D eigenvalue weighted by molar-refractivity contribution is 5.93. The fourth-order valence-corrected chi connectivity index (χ4v) is 2.83. The molecule has 0 radical (unpaired) electrons. The van der Waals surface area contributed by atoms with E-state index >= 15 is 0 Å². The first-order chi connectivity index (χ1) is 9.83. The van der Waals surface area contributed by atoms with Crippen molar-refractivity contribution in [3.63, 3.8) is 0 Å². The van der Waals surface area contributed by atoms with Gasteiger partial charge < -0.3 is 19.8 Å². The number of hydrogen-bond donors (Lipinski definition) is 2. The summed E-state index contributed by atoms with van der Waals surface area (Å²) in [5.41, 5.74) is 2.27. The van der Waals surface area contributed by atoms with Gasteiger partial charge in [0.2, 0.25) is 0 Å². The number of piperazine rings is 1. The average Bonchev–Trinajstić information content (AvgIpc) is 2.91. The van der Waals surface area contributed by atoms with Crippen molar-refractivity contribution in [3.05, 3.63) is 23.9 Å². The molecule has 0 spiro atoms. The molecule has 2 heterocycles. The summed E-state index contributed by atoms with van der Waals surface area (Å²) >= 11 is 0. The summed E-state index contributed by atoms with van der Waals surface area (Å²) in [6.07, 6.45) is 2.07. The van der Waals surface area contributed by atoms with Gasteiger partial charge in [-0.15, -0.1) is 0 Å². The molecule has 1 saturated heterocycles. The normalized spacial score (nSPS) is 16.5. The van der Waals surface area contributed by atoms with Gasteiger partial charge in [-0.05, 0) is 17.7 Å². The van der Waals surface area contributed by atoms with Crippen LogP contribution in [0.4, 0.5) is 0 Å². The number of methoxy groups -OCH3 is 2. The van der Waals surface area contributed by atoms with Crippen LogP contribution in [0.15, 0.2) is 18.3 Å². The van der Waals surface area contributed by atoms with Gasteiger partial charge >= 0.3 is 0 Å². The molecule has 2 aromatic rings. The van der Waals surface area contributed by atoms with Gasteiger partial charge in [0.05, 0.1) is 19.7 Å². The van der Waals surface area contributed by atoms with E-state index in [1.165, 1.54) is 5.56 Å². The fraction of sp³-hybridized carbons (Fsp3) is 0.467. The van der Waals surface area contributed by atoms with Crippen LogP contribution >= 0.6 is 0 Å². The van der Waals surface area contributed by atoms with Crippen LogP contribution in [0.3, 0.4) is 0 Å². The Labute approximate surface area is 118 Å². The van der Waals surface area contributed by atoms with Gasteiger partial charge in [-0.3, -0.25) is 4.90 Å². The van der Waals surface area contributed by atoms with Crippen LogP contribution in [0.25, 0.3) is 10.9 Å². The first-order valence-corrected chi connectivity index (χ1v) is 6.97. The number of rotatable bonds is 4. The second-order valence-electron chi connectivity index (χ2n) is 5.06. The Hall–Kier alpha value is -1.72. The molecule has 1 aliphatic heterocycles. The van der Waals surface area contributed by atoms with Gasteiger partial charge in [0.25, 0.3) is 0 Å². The summed E-state index contributed by atoms with van der Waals surface area (Å²) in [7, 11) is 3.40. The molecule has 0 atom stereocenters. The Bertz CT molecular complexity index is 588. The van der Waals surface area contributed by atoms with Crippen LogP contribution < -0.4 is 14.8 Å². The molecule has 0 bridgehead atoms. The number of ether oxygens (including phenoxy) is 2. The van der Waals surface area contributed by atoms with Gasteiger partial charge in [0.1, 0.15) is 11.5 Å². The molecule has 108 valence electrons. The zero-order valence-electron chi connectivity index (χ0n) is 12.0. The standard InChI is InChI=1S/C15H21N3O2/c1-19-12-3-4-13(20-2)15-14(12)11(9-17-15)10-18-7-5-16-6-8-18/h3-4,9,16-17H,5-8,10H2,1-2H3. The third kappa shape index (κ3) is 2.34. The minimum absolute atomic E-state index is 0.854. The van der Waals surface area contributed by atoms with E-state index in [0.29, 0.717) is 0 Å². The summed E-state index contributed by atoms with van der Waals surface area (Å²) in [5.74, 6) is 1.75. The Balaban J connectivity index is 1.97. The van der Waals surface area contributed by atoms with Gasteiger partial charge in [-0.1, -0.05) is 0 Å². The van der Waals surface area contributed by atoms with Crippen molar-refractivity contribution in [1.82, 2.24) is 15.2 Å². The van der Waals surface area contributed by atoms with E-state index in [9.17, 15) is 0 Å². The molecule has 0 aliphatic carbocycles. The Kier molecular flexibility index (Phi) is 3.80. The molecule has 1 aliphatic rings. The van der Waals surface area contributed by atoms with E-state index in [2.05, 4.69) is 21.4 Å². The first kappa shape index (κ1) is 13.3. The van der Waals surface area contributed by atoms with Crippen molar-refractivity contribution in [1.29, 1.82) is 0 Å². The number of H-pyrrole nitrogens is 1. The van der Waals surface area contributed by atoms with E-state index < -0.39 is 0 Å². The highest BCUT2D eigenvalue weighted by Gasteiger charge is 2.17. The van der Waals surface area contributed by atoms with Crippen LogP contribution in [0.1, 0.15) is 5.56 Å². The molecule has 1 aromatic heterocycles. The smallest absolute Gasteiger partial charge is 0.143 e. The number of benzene rings is 1. The number of aromatic amines is 1. The summed E-state index contributed by atoms with van der Waals surface area (Å²) in [4.78, 5) is 5.78. The van der Waals surface area contributed by atoms with Gasteiger partial charge in [0.15, 0.2) is 0 Å². The van der Waals surface area contributed by atoms with Crippen LogP contribution in [-0.2, 0) is 6.54 Å². The topological polar surface area (TPSA) is 49.5 Å². The SMILES string of the molecule is COc1ccc(OC)c2c(CN3CCNCC3)c[nH]c12. The van der Waals surface area contributed by atoms with Crippen molar-refractivity contribution in [3.8, 4) is 11.5 Å². The van der Waals surface area contributed by atoms with Gasteiger partial charge in [-0.25, -0.2) is 0 Å². The van der Waals surface area contributed by atoms with Crippen molar-refractivity contribution in [2.75, 3.05) is 40.4 Å². The van der Waals surface area contributed by atoms with Crippen LogP contribution in [-0.4, -0.2) is 50.3 Å². The number of aromatic nitrogens is 1. The van der Waals surface area contributed by atoms with Crippen molar-refractivity contribution in [2.24, 2.45) is 0 Å². The van der Waals surface area contributed by atoms with Gasteiger partial charge in [0, 0.05) is 44.3 Å². The van der Waals surface area contributed by atoms with Crippen LogP contribution in [0.5, 0.6) is 11.5 Å². The van der Waals surface area contributed by atoms with Crippen LogP contribution in [0.2, 0.25) is 0 Å². The summed E-state index contributed by atoms with van der Waals surface area (Å²) in [6, 6.07) is 3.91. The molecule has 0 unspecified atom stereocenters. The van der Waals surface area contributed by atoms with E-state index in [1.54, 1.807) is 14.2 Å². The van der Waals surface area contributed by atoms with Crippen molar-refractivity contribution in [2.45, 2.75) is 6.54 Å². The lowest BCUT2D eigenvalue weighted by atomic mass is 10.1. The Morgan fingerprint density at radius 2 is 1.80 bits per heavy atom. The zero-order valence-corrected chi connectivity index (χ0v) is 12.0. The summed E-state index contributed by atoms with van der Waals surface area (Å²) in [6.45, 7) is 5.22. The highest BCUT2D eigenvalue weighted by atomic mass is 16.5. The lowest BCUT2D eigenvalue weighted by Gasteiger charge is -2.27. The first-order valence-electron chi connectivity index (χ1n) is 6.97. The summed E-state index contributed by atoms with van der Waals surface area (Å²) in [5, 5.41) is 4.51. The third-order valence-corrected chi connectivity index (χ3v) is 3.88. The molecule has 5 nitrogen and oxygen atoms in total. The molecule has 20 heavy (non-hydrogen) atoms. The summed E-state index contributed by atoms with van der Waals surface area (Å²) < 4.78 is 10.9. The maximum absolute atomic E-state index is 5.51. The predicted molar refractivity (Wildman–Crippen MR) is 79.5 cm³/mol. The molecule has 1 fully saturated rings. The lowest BCUT2D eigenvalue weighted by Crippen LogP contribution is -2.42. The maximum atomic E-state index is 5.51. The fourth-order valence-electron chi connectivity index (χ4n) is 2.83. The molecule has 1 aromatic carbocycles. The Morgan fingerprint density at radius 1 is 1.10 bits per heavy atom. The van der Waals surface area contributed by atoms with Crippen LogP contribution in [0, 0.1) is 0 Å². The highest BCUT2D eigenvalue weighted by Crippen LogP contribution is 2.35. The van der Waals surface area contributed by atoms with E-state index in [-0.39, 0.29) is 0 Å². The minimum Gasteiger partial charge on any atom is -0.496 e. The van der Waals surface area contributed by atoms with Crippen molar-refractivity contribution < 1.29 is 9.47 Å². The molecular formula is C15H21N3O2. The monoisotopic (exact) mass is 275 g/mol. The second-order valence-corrected chi connectivity index (χ2v) is 5.06. The molecule has 3 rings (SSSR count). The minimum atomic E-state index is 0.854. The number of nitrogens with one attached hydrogen (secondary N) is 2. The van der Waals surface area contributed by atoms with Gasteiger partial charge in [-0.2, -0.15) is 0 Å².